The fraction of sp³-hybridized carbons (Fsp3) is 0.310. The van der Waals surface area contributed by atoms with Crippen LogP contribution in [0.1, 0.15) is 32.8 Å². The molecule has 2 aliphatic rings. The Labute approximate surface area is 236 Å². The minimum Gasteiger partial charge on any atom is -0.384 e. The standard InChI is InChI=1S/C29H31N5O5S/c1-18-2-4-19(5-3-18)20-6-8-21(9-7-20)27(36)33-15-25(35)34-17-29(38-10-11-39-29)13-24(34)28(37)32-14-23-12-22(16-40-23)26(30)31/h2-9,12,16,24H,10-11,13-15,17H2,1H3,(H3,30,31)(H,32,37)(H,33,36). The molecule has 0 radical (unpaired) electrons. The molecule has 11 heteroatoms. The number of benzene rings is 2. The Morgan fingerprint density at radius 3 is 2.30 bits per heavy atom. The number of thiophene rings is 1. The molecule has 0 bridgehead atoms. The molecular weight excluding hydrogens is 530 g/mol. The largest absolute Gasteiger partial charge is 0.384 e. The minimum atomic E-state index is -1.03. The second-order valence-electron chi connectivity index (χ2n) is 9.91. The van der Waals surface area contributed by atoms with Gasteiger partial charge in [-0.05, 0) is 36.2 Å². The summed E-state index contributed by atoms with van der Waals surface area (Å²) >= 11 is 1.38. The highest BCUT2D eigenvalue weighted by Crippen LogP contribution is 2.35. The number of hydrogen-bond donors (Lipinski definition) is 4. The number of amides is 3. The second kappa shape index (κ2) is 11.6. The molecule has 3 amide bonds. The highest BCUT2D eigenvalue weighted by atomic mass is 32.1. The van der Waals surface area contributed by atoms with Crippen molar-refractivity contribution in [2.75, 3.05) is 26.3 Å². The molecule has 2 aromatic carbocycles. The molecular formula is C29H31N5O5S. The Morgan fingerprint density at radius 2 is 1.68 bits per heavy atom. The lowest BCUT2D eigenvalue weighted by Gasteiger charge is -2.24. The molecule has 1 spiro atoms. The number of carbonyl (C=O) groups is 3. The lowest BCUT2D eigenvalue weighted by molar-refractivity contribution is -0.152. The van der Waals surface area contributed by atoms with Gasteiger partial charge in [-0.2, -0.15) is 0 Å². The summed E-state index contributed by atoms with van der Waals surface area (Å²) in [5.41, 5.74) is 9.76. The van der Waals surface area contributed by atoms with Crippen molar-refractivity contribution >= 4 is 34.9 Å². The lowest BCUT2D eigenvalue weighted by atomic mass is 10.0. The average Bonchev–Trinajstić information content (AvgIpc) is 3.71. The fourth-order valence-corrected chi connectivity index (χ4v) is 5.69. The summed E-state index contributed by atoms with van der Waals surface area (Å²) in [6.07, 6.45) is 0.197. The van der Waals surface area contributed by atoms with Gasteiger partial charge in [0.1, 0.15) is 11.9 Å². The molecule has 1 unspecified atom stereocenters. The van der Waals surface area contributed by atoms with Gasteiger partial charge < -0.3 is 30.7 Å². The molecule has 5 rings (SSSR count). The van der Waals surface area contributed by atoms with E-state index in [0.717, 1.165) is 16.0 Å². The first-order valence-corrected chi connectivity index (χ1v) is 13.8. The van der Waals surface area contributed by atoms with Crippen molar-refractivity contribution in [1.82, 2.24) is 15.5 Å². The predicted octanol–water partition coefficient (Wildman–Crippen LogP) is 2.40. The van der Waals surface area contributed by atoms with E-state index in [2.05, 4.69) is 10.6 Å². The van der Waals surface area contributed by atoms with E-state index >= 15 is 0 Å². The first-order chi connectivity index (χ1) is 19.2. The molecule has 2 fully saturated rings. The van der Waals surface area contributed by atoms with E-state index in [9.17, 15) is 14.4 Å². The monoisotopic (exact) mass is 561 g/mol. The summed E-state index contributed by atoms with van der Waals surface area (Å²) in [7, 11) is 0. The van der Waals surface area contributed by atoms with E-state index in [0.29, 0.717) is 24.3 Å². The highest BCUT2D eigenvalue weighted by Gasteiger charge is 2.52. The third-order valence-corrected chi connectivity index (χ3v) is 8.00. The number of nitrogens with one attached hydrogen (secondary N) is 3. The van der Waals surface area contributed by atoms with E-state index in [-0.39, 0.29) is 43.7 Å². The van der Waals surface area contributed by atoms with Crippen molar-refractivity contribution in [2.45, 2.75) is 31.7 Å². The van der Waals surface area contributed by atoms with Crippen LogP contribution in [0.15, 0.2) is 60.0 Å². The zero-order valence-corrected chi connectivity index (χ0v) is 22.9. The van der Waals surface area contributed by atoms with Gasteiger partial charge in [0.05, 0.1) is 32.8 Å². The number of amidine groups is 1. The number of ether oxygens (including phenoxy) is 2. The quantitative estimate of drug-likeness (QED) is 0.245. The normalized spacial score (nSPS) is 17.6. The summed E-state index contributed by atoms with van der Waals surface area (Å²) < 4.78 is 11.6. The van der Waals surface area contributed by atoms with Crippen LogP contribution in [0.4, 0.5) is 0 Å². The number of likely N-dealkylation sites (tertiary alicyclic amines) is 1. The molecule has 208 valence electrons. The molecule has 5 N–H and O–H groups in total. The maximum Gasteiger partial charge on any atom is 0.251 e. The topological polar surface area (TPSA) is 147 Å². The van der Waals surface area contributed by atoms with Gasteiger partial charge in [0, 0.05) is 27.8 Å². The maximum atomic E-state index is 13.2. The Hall–Kier alpha value is -4.06. The summed E-state index contributed by atoms with van der Waals surface area (Å²) in [6, 6.07) is 16.2. The van der Waals surface area contributed by atoms with Crippen LogP contribution in [-0.4, -0.2) is 66.6 Å². The van der Waals surface area contributed by atoms with Crippen LogP contribution in [0, 0.1) is 12.3 Å². The Balaban J connectivity index is 1.20. The van der Waals surface area contributed by atoms with Gasteiger partial charge in [0.15, 0.2) is 5.79 Å². The van der Waals surface area contributed by atoms with Crippen molar-refractivity contribution < 1.29 is 23.9 Å². The van der Waals surface area contributed by atoms with Crippen LogP contribution >= 0.6 is 11.3 Å². The number of nitrogens with two attached hydrogens (primary N) is 1. The van der Waals surface area contributed by atoms with Crippen LogP contribution < -0.4 is 16.4 Å². The van der Waals surface area contributed by atoms with Crippen molar-refractivity contribution in [3.8, 4) is 11.1 Å². The number of nitrogens with zero attached hydrogens (tertiary/aromatic N) is 1. The smallest absolute Gasteiger partial charge is 0.251 e. The second-order valence-corrected chi connectivity index (χ2v) is 10.9. The lowest BCUT2D eigenvalue weighted by Crippen LogP contribution is -2.49. The third-order valence-electron chi connectivity index (χ3n) is 7.06. The van der Waals surface area contributed by atoms with Gasteiger partial charge in [-0.15, -0.1) is 11.3 Å². The van der Waals surface area contributed by atoms with Crippen molar-refractivity contribution in [3.05, 3.63) is 81.5 Å². The van der Waals surface area contributed by atoms with Crippen LogP contribution in [-0.2, 0) is 25.6 Å². The van der Waals surface area contributed by atoms with E-state index in [1.54, 1.807) is 23.6 Å². The third kappa shape index (κ3) is 6.06. The number of rotatable bonds is 8. The molecule has 0 aliphatic carbocycles. The zero-order valence-electron chi connectivity index (χ0n) is 22.1. The van der Waals surface area contributed by atoms with Crippen molar-refractivity contribution in [2.24, 2.45) is 5.73 Å². The average molecular weight is 562 g/mol. The first-order valence-electron chi connectivity index (χ1n) is 13.0. The van der Waals surface area contributed by atoms with Crippen LogP contribution in [0.5, 0.6) is 0 Å². The summed E-state index contributed by atoms with van der Waals surface area (Å²) in [5, 5.41) is 14.8. The Morgan fingerprint density at radius 1 is 1.02 bits per heavy atom. The fourth-order valence-electron chi connectivity index (χ4n) is 4.87. The SMILES string of the molecule is Cc1ccc(-c2ccc(C(=O)NCC(=O)N3CC4(CC3C(=O)NCc3cc(C(=N)N)cs3)OCCO4)cc2)cc1. The van der Waals surface area contributed by atoms with Gasteiger partial charge in [-0.25, -0.2) is 0 Å². The van der Waals surface area contributed by atoms with E-state index in [4.69, 9.17) is 20.6 Å². The maximum absolute atomic E-state index is 13.2. The first kappa shape index (κ1) is 27.5. The number of carbonyl (C=O) groups excluding carboxylic acids is 3. The molecule has 1 aromatic heterocycles. The summed E-state index contributed by atoms with van der Waals surface area (Å²) in [4.78, 5) is 41.5. The van der Waals surface area contributed by atoms with E-state index in [1.807, 2.05) is 43.3 Å². The van der Waals surface area contributed by atoms with Gasteiger partial charge in [-0.3, -0.25) is 19.8 Å². The predicted molar refractivity (Wildman–Crippen MR) is 151 cm³/mol. The minimum absolute atomic E-state index is 0.0388. The van der Waals surface area contributed by atoms with Crippen LogP contribution in [0.25, 0.3) is 11.1 Å². The zero-order chi connectivity index (χ0) is 28.3. The van der Waals surface area contributed by atoms with Gasteiger partial charge >= 0.3 is 0 Å². The van der Waals surface area contributed by atoms with Crippen LogP contribution in [0.2, 0.25) is 0 Å². The molecule has 2 aliphatic heterocycles. The highest BCUT2D eigenvalue weighted by molar-refractivity contribution is 7.10. The molecule has 10 nitrogen and oxygen atoms in total. The summed E-state index contributed by atoms with van der Waals surface area (Å²) in [5.74, 6) is -2.21. The van der Waals surface area contributed by atoms with Gasteiger partial charge in [-0.1, -0.05) is 42.0 Å². The van der Waals surface area contributed by atoms with Crippen molar-refractivity contribution in [1.29, 1.82) is 5.41 Å². The number of aryl methyl sites for hydroxylation is 1. The van der Waals surface area contributed by atoms with Crippen LogP contribution in [0.3, 0.4) is 0 Å². The molecule has 0 saturated carbocycles. The molecule has 3 heterocycles. The molecule has 3 aromatic rings. The summed E-state index contributed by atoms with van der Waals surface area (Å²) in [6.45, 7) is 2.85. The van der Waals surface area contributed by atoms with Crippen molar-refractivity contribution in [3.63, 3.8) is 0 Å². The number of hydrogen-bond acceptors (Lipinski definition) is 7. The molecule has 2 saturated heterocycles. The van der Waals surface area contributed by atoms with Gasteiger partial charge in [0.2, 0.25) is 11.8 Å². The van der Waals surface area contributed by atoms with Gasteiger partial charge in [0.25, 0.3) is 5.91 Å². The Kier molecular flexibility index (Phi) is 7.97. The molecule has 40 heavy (non-hydrogen) atoms. The molecule has 1 atom stereocenters. The number of nitrogen functional groups attached to an aromatic ring is 1. The van der Waals surface area contributed by atoms with E-state index < -0.39 is 17.7 Å². The van der Waals surface area contributed by atoms with E-state index in [1.165, 1.54) is 21.8 Å². The Bertz CT molecular complexity index is 1410.